The van der Waals surface area contributed by atoms with Gasteiger partial charge < -0.3 is 20.1 Å². The van der Waals surface area contributed by atoms with Crippen molar-refractivity contribution in [2.45, 2.75) is 38.8 Å². The quantitative estimate of drug-likeness (QED) is 0.790. The van der Waals surface area contributed by atoms with E-state index in [4.69, 9.17) is 9.47 Å². The van der Waals surface area contributed by atoms with Gasteiger partial charge in [0.15, 0.2) is 0 Å². The van der Waals surface area contributed by atoms with E-state index in [-0.39, 0.29) is 24.0 Å². The van der Waals surface area contributed by atoms with Crippen LogP contribution < -0.4 is 10.6 Å². The summed E-state index contributed by atoms with van der Waals surface area (Å²) in [5.41, 5.74) is 1.63. The van der Waals surface area contributed by atoms with E-state index < -0.39 is 0 Å². The number of methoxy groups -OCH3 is 1. The number of hydrogen-bond donors (Lipinski definition) is 2. The monoisotopic (exact) mass is 320 g/mol. The van der Waals surface area contributed by atoms with Crippen LogP contribution in [0.25, 0.3) is 0 Å². The highest BCUT2D eigenvalue weighted by Gasteiger charge is 2.34. The van der Waals surface area contributed by atoms with Crippen LogP contribution in [-0.2, 0) is 20.9 Å². The lowest BCUT2D eigenvalue weighted by molar-refractivity contribution is -0.145. The third-order valence-corrected chi connectivity index (χ3v) is 4.06. The molecule has 2 amide bonds. The zero-order valence-electron chi connectivity index (χ0n) is 13.6. The Balaban J connectivity index is 1.96. The van der Waals surface area contributed by atoms with Crippen LogP contribution in [0.15, 0.2) is 24.3 Å². The lowest BCUT2D eigenvalue weighted by Crippen LogP contribution is -2.42. The molecule has 2 atom stereocenters. The van der Waals surface area contributed by atoms with Crippen molar-refractivity contribution in [1.82, 2.24) is 5.32 Å². The summed E-state index contributed by atoms with van der Waals surface area (Å²) in [6.45, 7) is 2.99. The number of ether oxygens (including phenoxy) is 2. The van der Waals surface area contributed by atoms with Gasteiger partial charge in [-0.2, -0.15) is 0 Å². The first kappa shape index (κ1) is 17.3. The average molecular weight is 320 g/mol. The van der Waals surface area contributed by atoms with Crippen molar-refractivity contribution in [3.05, 3.63) is 29.8 Å². The number of para-hydroxylation sites is 1. The predicted molar refractivity (Wildman–Crippen MR) is 87.1 cm³/mol. The van der Waals surface area contributed by atoms with Gasteiger partial charge in [-0.1, -0.05) is 24.6 Å². The molecule has 6 nitrogen and oxygen atoms in total. The molecule has 0 heterocycles. The van der Waals surface area contributed by atoms with Crippen molar-refractivity contribution >= 4 is 17.7 Å². The molecule has 0 radical (unpaired) electrons. The summed E-state index contributed by atoms with van der Waals surface area (Å²) in [4.78, 5) is 24.0. The molecule has 1 aliphatic rings. The number of carbonyl (C=O) groups excluding carboxylic acids is 2. The summed E-state index contributed by atoms with van der Waals surface area (Å²) < 4.78 is 10.2. The second-order valence-electron chi connectivity index (χ2n) is 5.56. The lowest BCUT2D eigenvalue weighted by Gasteiger charge is -2.20. The third-order valence-electron chi connectivity index (χ3n) is 4.06. The lowest BCUT2D eigenvalue weighted by atomic mass is 10.0. The number of amides is 2. The van der Waals surface area contributed by atoms with Crippen LogP contribution >= 0.6 is 0 Å². The molecule has 2 rings (SSSR count). The molecule has 0 saturated heterocycles. The molecular formula is C17H24N2O4. The Hall–Kier alpha value is -2.08. The second-order valence-corrected chi connectivity index (χ2v) is 5.56. The fraction of sp³-hybridized carbons (Fsp3) is 0.529. The van der Waals surface area contributed by atoms with Gasteiger partial charge in [-0.3, -0.25) is 4.79 Å². The summed E-state index contributed by atoms with van der Waals surface area (Å²) in [6.07, 6.45) is 2.44. The van der Waals surface area contributed by atoms with Crippen LogP contribution in [0.2, 0.25) is 0 Å². The molecule has 2 N–H and O–H groups in total. The maximum atomic E-state index is 12.2. The molecule has 0 bridgehead atoms. The molecule has 1 fully saturated rings. The predicted octanol–water partition coefficient (Wildman–Crippen LogP) is 2.69. The maximum absolute atomic E-state index is 12.2. The fourth-order valence-corrected chi connectivity index (χ4v) is 2.87. The van der Waals surface area contributed by atoms with E-state index in [1.807, 2.05) is 31.2 Å². The smallest absolute Gasteiger partial charge is 0.319 e. The molecule has 126 valence electrons. The van der Waals surface area contributed by atoms with E-state index in [1.165, 1.54) is 7.11 Å². The van der Waals surface area contributed by atoms with Crippen LogP contribution in [-0.4, -0.2) is 31.8 Å². The van der Waals surface area contributed by atoms with Crippen molar-refractivity contribution in [1.29, 1.82) is 0 Å². The summed E-state index contributed by atoms with van der Waals surface area (Å²) in [5, 5.41) is 5.73. The Labute approximate surface area is 136 Å². The zero-order chi connectivity index (χ0) is 16.7. The van der Waals surface area contributed by atoms with Crippen LogP contribution in [0.5, 0.6) is 0 Å². The largest absolute Gasteiger partial charge is 0.469 e. The topological polar surface area (TPSA) is 76.7 Å². The van der Waals surface area contributed by atoms with Crippen LogP contribution in [0.3, 0.4) is 0 Å². The average Bonchev–Trinajstić information content (AvgIpc) is 3.01. The first-order valence-corrected chi connectivity index (χ1v) is 7.96. The number of urea groups is 1. The number of hydrogen-bond acceptors (Lipinski definition) is 4. The van der Waals surface area contributed by atoms with Gasteiger partial charge in [-0.15, -0.1) is 0 Å². The zero-order valence-corrected chi connectivity index (χ0v) is 13.6. The number of benzene rings is 1. The molecule has 1 saturated carbocycles. The molecule has 0 aliphatic heterocycles. The van der Waals surface area contributed by atoms with Gasteiger partial charge in [0.05, 0.1) is 19.6 Å². The van der Waals surface area contributed by atoms with Crippen molar-refractivity contribution in [2.24, 2.45) is 5.92 Å². The first-order chi connectivity index (χ1) is 11.2. The minimum atomic E-state index is -0.310. The minimum Gasteiger partial charge on any atom is -0.469 e. The number of carbonyl (C=O) groups is 2. The van der Waals surface area contributed by atoms with Gasteiger partial charge in [0.2, 0.25) is 0 Å². The van der Waals surface area contributed by atoms with E-state index in [9.17, 15) is 9.59 Å². The summed E-state index contributed by atoms with van der Waals surface area (Å²) in [6, 6.07) is 7.02. The molecule has 23 heavy (non-hydrogen) atoms. The molecule has 0 unspecified atom stereocenters. The van der Waals surface area contributed by atoms with Gasteiger partial charge in [-0.05, 0) is 25.8 Å². The van der Waals surface area contributed by atoms with Crippen LogP contribution in [0.1, 0.15) is 31.7 Å². The number of rotatable bonds is 6. The summed E-state index contributed by atoms with van der Waals surface area (Å²) >= 11 is 0. The van der Waals surface area contributed by atoms with Gasteiger partial charge >= 0.3 is 12.0 Å². The highest BCUT2D eigenvalue weighted by Crippen LogP contribution is 2.27. The Morgan fingerprint density at radius 1 is 1.26 bits per heavy atom. The number of esters is 1. The van der Waals surface area contributed by atoms with Gasteiger partial charge in [0, 0.05) is 23.9 Å². The van der Waals surface area contributed by atoms with E-state index in [0.29, 0.717) is 18.9 Å². The van der Waals surface area contributed by atoms with Gasteiger partial charge in [0.25, 0.3) is 0 Å². The van der Waals surface area contributed by atoms with E-state index in [2.05, 4.69) is 10.6 Å². The van der Waals surface area contributed by atoms with Gasteiger partial charge in [-0.25, -0.2) is 4.79 Å². The molecule has 6 heteroatoms. The molecule has 1 aromatic rings. The Morgan fingerprint density at radius 3 is 2.78 bits per heavy atom. The summed E-state index contributed by atoms with van der Waals surface area (Å²) in [5.74, 6) is -0.519. The SMILES string of the molecule is CCOCc1ccccc1NC(=O)N[C@@H]1CCC[C@@H]1C(=O)OC. The maximum Gasteiger partial charge on any atom is 0.319 e. The molecule has 0 aromatic heterocycles. The number of anilines is 1. The molecule has 0 spiro atoms. The first-order valence-electron chi connectivity index (χ1n) is 7.96. The Bertz CT molecular complexity index is 547. The number of nitrogens with one attached hydrogen (secondary N) is 2. The van der Waals surface area contributed by atoms with E-state index >= 15 is 0 Å². The Morgan fingerprint density at radius 2 is 2.04 bits per heavy atom. The fourth-order valence-electron chi connectivity index (χ4n) is 2.87. The van der Waals surface area contributed by atoms with E-state index in [1.54, 1.807) is 0 Å². The van der Waals surface area contributed by atoms with Gasteiger partial charge in [0.1, 0.15) is 0 Å². The van der Waals surface area contributed by atoms with Crippen LogP contribution in [0, 0.1) is 5.92 Å². The second kappa shape index (κ2) is 8.53. The van der Waals surface area contributed by atoms with E-state index in [0.717, 1.165) is 24.8 Å². The Kier molecular flexibility index (Phi) is 6.40. The molecule has 1 aromatic carbocycles. The molecular weight excluding hydrogens is 296 g/mol. The normalized spacial score (nSPS) is 20.1. The van der Waals surface area contributed by atoms with Crippen molar-refractivity contribution < 1.29 is 19.1 Å². The van der Waals surface area contributed by atoms with Crippen LogP contribution in [0.4, 0.5) is 10.5 Å². The standard InChI is InChI=1S/C17H24N2O4/c1-3-23-11-12-7-4-5-9-14(12)18-17(21)19-15-10-6-8-13(15)16(20)22-2/h4-5,7,9,13,15H,3,6,8,10-11H2,1-2H3,(H2,18,19,21)/t13-,15+/m0/s1. The minimum absolute atomic E-state index is 0.179. The third kappa shape index (κ3) is 4.69. The highest BCUT2D eigenvalue weighted by atomic mass is 16.5. The van der Waals surface area contributed by atoms with Crippen molar-refractivity contribution in [2.75, 3.05) is 19.0 Å². The highest BCUT2D eigenvalue weighted by molar-refractivity contribution is 5.90. The summed E-state index contributed by atoms with van der Waals surface area (Å²) in [7, 11) is 1.38. The van der Waals surface area contributed by atoms with Crippen molar-refractivity contribution in [3.63, 3.8) is 0 Å². The molecule has 1 aliphatic carbocycles. The van der Waals surface area contributed by atoms with Crippen molar-refractivity contribution in [3.8, 4) is 0 Å².